The summed E-state index contributed by atoms with van der Waals surface area (Å²) in [6.45, 7) is 8.68. The van der Waals surface area contributed by atoms with Crippen molar-refractivity contribution < 1.29 is 4.74 Å². The molecule has 1 aromatic heterocycles. The molecule has 0 aliphatic carbocycles. The van der Waals surface area contributed by atoms with Gasteiger partial charge in [0.25, 0.3) is 0 Å². The van der Waals surface area contributed by atoms with E-state index < -0.39 is 0 Å². The van der Waals surface area contributed by atoms with E-state index in [4.69, 9.17) is 4.74 Å². The van der Waals surface area contributed by atoms with Gasteiger partial charge in [-0.15, -0.1) is 0 Å². The topological polar surface area (TPSA) is 58.5 Å². The molecule has 0 radical (unpaired) electrons. The Bertz CT molecular complexity index is 463. The van der Waals surface area contributed by atoms with Crippen molar-refractivity contribution >= 4 is 17.7 Å². The minimum Gasteiger partial charge on any atom is -0.481 e. The van der Waals surface area contributed by atoms with E-state index in [-0.39, 0.29) is 4.75 Å². The van der Waals surface area contributed by atoms with Crippen LogP contribution in [0.1, 0.15) is 26.3 Å². The molecule has 1 aromatic rings. The predicted octanol–water partition coefficient (Wildman–Crippen LogP) is 2.29. The molecular weight excluding hydrogens is 284 g/mol. The van der Waals surface area contributed by atoms with Crippen LogP contribution in [-0.4, -0.2) is 42.1 Å². The van der Waals surface area contributed by atoms with Crippen LogP contribution >= 0.6 is 11.8 Å². The third kappa shape index (κ3) is 6.25. The lowest BCUT2D eigenvalue weighted by Gasteiger charge is -2.23. The summed E-state index contributed by atoms with van der Waals surface area (Å²) in [4.78, 5) is 8.78. The van der Waals surface area contributed by atoms with Gasteiger partial charge in [-0.2, -0.15) is 11.8 Å². The Labute approximate surface area is 132 Å². The number of rotatable bonds is 7. The first-order valence-electron chi connectivity index (χ1n) is 7.07. The Morgan fingerprint density at radius 3 is 2.81 bits per heavy atom. The van der Waals surface area contributed by atoms with Crippen molar-refractivity contribution in [3.63, 3.8) is 0 Å². The number of methoxy groups -OCH3 is 1. The lowest BCUT2D eigenvalue weighted by atomic mass is 10.2. The van der Waals surface area contributed by atoms with E-state index in [1.165, 1.54) is 0 Å². The van der Waals surface area contributed by atoms with Gasteiger partial charge in [-0.3, -0.25) is 0 Å². The number of pyridine rings is 1. The van der Waals surface area contributed by atoms with Crippen molar-refractivity contribution in [3.05, 3.63) is 23.9 Å². The average molecular weight is 310 g/mol. The highest BCUT2D eigenvalue weighted by Crippen LogP contribution is 2.19. The average Bonchev–Trinajstić information content (AvgIpc) is 2.50. The van der Waals surface area contributed by atoms with Crippen LogP contribution in [0.4, 0.5) is 0 Å². The van der Waals surface area contributed by atoms with Crippen molar-refractivity contribution in [1.29, 1.82) is 0 Å². The molecule has 0 fully saturated rings. The molecule has 0 aliphatic heterocycles. The van der Waals surface area contributed by atoms with E-state index in [2.05, 4.69) is 47.6 Å². The fourth-order valence-electron chi connectivity index (χ4n) is 1.60. The SMILES string of the molecule is CCNC(=NCc1cccnc1OC)NCC(C)(C)SC. The third-order valence-corrected chi connectivity index (χ3v) is 4.28. The first kappa shape index (κ1) is 17.6. The van der Waals surface area contributed by atoms with Crippen molar-refractivity contribution in [2.45, 2.75) is 32.1 Å². The molecule has 0 aromatic carbocycles. The van der Waals surface area contributed by atoms with Gasteiger partial charge >= 0.3 is 0 Å². The van der Waals surface area contributed by atoms with Crippen LogP contribution < -0.4 is 15.4 Å². The summed E-state index contributed by atoms with van der Waals surface area (Å²) in [5, 5.41) is 6.63. The summed E-state index contributed by atoms with van der Waals surface area (Å²) >= 11 is 1.83. The second-order valence-electron chi connectivity index (χ2n) is 5.18. The van der Waals surface area contributed by atoms with Crippen molar-refractivity contribution in [1.82, 2.24) is 15.6 Å². The van der Waals surface area contributed by atoms with Gasteiger partial charge in [0, 0.05) is 29.6 Å². The van der Waals surface area contributed by atoms with Crippen molar-refractivity contribution in [2.75, 3.05) is 26.5 Å². The van der Waals surface area contributed by atoms with Gasteiger partial charge in [-0.05, 0) is 33.1 Å². The van der Waals surface area contributed by atoms with Crippen LogP contribution in [0.3, 0.4) is 0 Å². The molecule has 5 nitrogen and oxygen atoms in total. The monoisotopic (exact) mass is 310 g/mol. The molecule has 0 unspecified atom stereocenters. The molecule has 0 saturated carbocycles. The van der Waals surface area contributed by atoms with E-state index in [1.807, 2.05) is 23.9 Å². The third-order valence-electron chi connectivity index (χ3n) is 3.03. The van der Waals surface area contributed by atoms with E-state index in [1.54, 1.807) is 13.3 Å². The van der Waals surface area contributed by atoms with Gasteiger partial charge in [0.05, 0.1) is 13.7 Å². The normalized spacial score (nSPS) is 12.1. The molecule has 2 N–H and O–H groups in total. The van der Waals surface area contributed by atoms with Gasteiger partial charge < -0.3 is 15.4 Å². The number of thioether (sulfide) groups is 1. The minimum absolute atomic E-state index is 0.169. The summed E-state index contributed by atoms with van der Waals surface area (Å²) < 4.78 is 5.41. The Morgan fingerprint density at radius 1 is 1.43 bits per heavy atom. The van der Waals surface area contributed by atoms with Crippen LogP contribution in [0.25, 0.3) is 0 Å². The van der Waals surface area contributed by atoms with Gasteiger partial charge in [-0.25, -0.2) is 9.98 Å². The van der Waals surface area contributed by atoms with E-state index in [0.29, 0.717) is 12.4 Å². The molecule has 1 heterocycles. The number of hydrogen-bond acceptors (Lipinski definition) is 4. The minimum atomic E-state index is 0.169. The second kappa shape index (κ2) is 8.77. The summed E-state index contributed by atoms with van der Waals surface area (Å²) in [6, 6.07) is 3.87. The highest BCUT2D eigenvalue weighted by molar-refractivity contribution is 7.99. The van der Waals surface area contributed by atoms with Crippen molar-refractivity contribution in [3.8, 4) is 5.88 Å². The molecule has 0 spiro atoms. The predicted molar refractivity (Wildman–Crippen MR) is 91.2 cm³/mol. The molecule has 0 atom stereocenters. The summed E-state index contributed by atoms with van der Waals surface area (Å²) in [6.07, 6.45) is 3.84. The molecule has 1 rings (SSSR count). The van der Waals surface area contributed by atoms with E-state index in [9.17, 15) is 0 Å². The van der Waals surface area contributed by atoms with Gasteiger partial charge in [0.1, 0.15) is 0 Å². The fraction of sp³-hybridized carbons (Fsp3) is 0.600. The number of nitrogens with zero attached hydrogens (tertiary/aromatic N) is 2. The highest BCUT2D eigenvalue weighted by Gasteiger charge is 2.16. The fourth-order valence-corrected chi connectivity index (χ4v) is 1.82. The lowest BCUT2D eigenvalue weighted by molar-refractivity contribution is 0.392. The Balaban J connectivity index is 2.71. The van der Waals surface area contributed by atoms with Gasteiger partial charge in [0.15, 0.2) is 5.96 Å². The smallest absolute Gasteiger partial charge is 0.218 e. The summed E-state index contributed by atoms with van der Waals surface area (Å²) in [5.74, 6) is 1.44. The maximum Gasteiger partial charge on any atom is 0.218 e. The maximum absolute atomic E-state index is 5.24. The lowest BCUT2D eigenvalue weighted by Crippen LogP contribution is -2.43. The number of aromatic nitrogens is 1. The molecule has 0 aliphatic rings. The number of ether oxygens (including phenoxy) is 1. The Kier molecular flexibility index (Phi) is 7.36. The van der Waals surface area contributed by atoms with E-state index >= 15 is 0 Å². The second-order valence-corrected chi connectivity index (χ2v) is 6.70. The largest absolute Gasteiger partial charge is 0.481 e. The van der Waals surface area contributed by atoms with Gasteiger partial charge in [0.2, 0.25) is 5.88 Å². The number of nitrogens with one attached hydrogen (secondary N) is 2. The number of aliphatic imine (C=N–C) groups is 1. The maximum atomic E-state index is 5.24. The standard InChI is InChI=1S/C15H26N4OS/c1-6-16-14(19-11-15(2,3)21-5)18-10-12-8-7-9-17-13(12)20-4/h7-9H,6,10-11H2,1-5H3,(H2,16,18,19). The highest BCUT2D eigenvalue weighted by atomic mass is 32.2. The molecule has 21 heavy (non-hydrogen) atoms. The number of hydrogen-bond donors (Lipinski definition) is 2. The van der Waals surface area contributed by atoms with Crippen molar-refractivity contribution in [2.24, 2.45) is 4.99 Å². The van der Waals surface area contributed by atoms with Crippen LogP contribution in [0.2, 0.25) is 0 Å². The molecular formula is C15H26N4OS. The summed E-state index contributed by atoms with van der Waals surface area (Å²) in [5.41, 5.74) is 0.973. The van der Waals surface area contributed by atoms with E-state index in [0.717, 1.165) is 24.6 Å². The Hall–Kier alpha value is -1.43. The first-order valence-corrected chi connectivity index (χ1v) is 8.30. The van der Waals surface area contributed by atoms with Crippen LogP contribution in [-0.2, 0) is 6.54 Å². The van der Waals surface area contributed by atoms with Crippen LogP contribution in [0.5, 0.6) is 5.88 Å². The zero-order valence-corrected chi connectivity index (χ0v) is 14.4. The quantitative estimate of drug-likeness (QED) is 0.598. The summed E-state index contributed by atoms with van der Waals surface area (Å²) in [7, 11) is 1.62. The molecule has 0 amide bonds. The van der Waals surface area contributed by atoms with Crippen LogP contribution in [0.15, 0.2) is 23.3 Å². The number of guanidine groups is 1. The zero-order chi connectivity index (χ0) is 15.7. The molecule has 118 valence electrons. The Morgan fingerprint density at radius 2 is 2.19 bits per heavy atom. The molecule has 0 saturated heterocycles. The zero-order valence-electron chi connectivity index (χ0n) is 13.6. The van der Waals surface area contributed by atoms with Gasteiger partial charge in [-0.1, -0.05) is 6.07 Å². The molecule has 0 bridgehead atoms. The molecule has 6 heteroatoms. The van der Waals surface area contributed by atoms with Crippen LogP contribution in [0, 0.1) is 0 Å². The first-order chi connectivity index (χ1) is 10.0.